The number of aliphatic carboxylic acids is 1. The number of benzene rings is 1. The summed E-state index contributed by atoms with van der Waals surface area (Å²) < 4.78 is 23.7. The van der Waals surface area contributed by atoms with Gasteiger partial charge in [-0.2, -0.15) is 0 Å². The molecule has 0 aliphatic carbocycles. The van der Waals surface area contributed by atoms with Crippen LogP contribution in [0.4, 0.5) is 4.39 Å². The van der Waals surface area contributed by atoms with Crippen molar-refractivity contribution in [1.82, 2.24) is 5.32 Å². The fourth-order valence-corrected chi connectivity index (χ4v) is 1.97. The summed E-state index contributed by atoms with van der Waals surface area (Å²) in [6.07, 6.45) is -0.349. The molecule has 2 N–H and O–H groups in total. The molecule has 0 heterocycles. The van der Waals surface area contributed by atoms with Gasteiger partial charge in [-0.1, -0.05) is 6.07 Å². The Hall–Kier alpha value is -2.15. The van der Waals surface area contributed by atoms with Crippen LogP contribution in [0.25, 0.3) is 0 Å². The number of ether oxygens (including phenoxy) is 2. The molecule has 0 aromatic heterocycles. The van der Waals surface area contributed by atoms with Crippen molar-refractivity contribution in [2.75, 3.05) is 20.8 Å². The lowest BCUT2D eigenvalue weighted by atomic mass is 9.98. The third-order valence-electron chi connectivity index (χ3n) is 2.85. The van der Waals surface area contributed by atoms with Gasteiger partial charge >= 0.3 is 5.97 Å². The van der Waals surface area contributed by atoms with E-state index in [0.29, 0.717) is 0 Å². The standard InChI is InChI=1S/C14H18FNO5/c1-14(8-20-2,7-11(17)18)16-13(19)9-5-4-6-10(21-3)12(9)15/h4-6H,7-8H2,1-3H3,(H,16,19)(H,17,18). The summed E-state index contributed by atoms with van der Waals surface area (Å²) in [6, 6.07) is 4.15. The van der Waals surface area contributed by atoms with Crippen LogP contribution in [0.1, 0.15) is 23.7 Å². The molecule has 7 heteroatoms. The SMILES string of the molecule is COCC(C)(CC(=O)O)NC(=O)c1cccc(OC)c1F. The number of carbonyl (C=O) groups excluding carboxylic acids is 1. The first-order chi connectivity index (χ1) is 9.83. The van der Waals surface area contributed by atoms with Gasteiger partial charge in [0, 0.05) is 7.11 Å². The molecule has 0 fully saturated rings. The van der Waals surface area contributed by atoms with Gasteiger partial charge in [-0.3, -0.25) is 9.59 Å². The van der Waals surface area contributed by atoms with Crippen molar-refractivity contribution in [3.05, 3.63) is 29.6 Å². The maximum atomic E-state index is 14.0. The summed E-state index contributed by atoms with van der Waals surface area (Å²) in [5.74, 6) is -2.69. The van der Waals surface area contributed by atoms with Gasteiger partial charge in [0.2, 0.25) is 0 Å². The Bertz CT molecular complexity index is 534. The van der Waals surface area contributed by atoms with Gasteiger partial charge in [0.25, 0.3) is 5.91 Å². The number of amides is 1. The van der Waals surface area contributed by atoms with E-state index in [0.717, 1.165) is 0 Å². The molecule has 0 saturated heterocycles. The molecular weight excluding hydrogens is 281 g/mol. The highest BCUT2D eigenvalue weighted by Crippen LogP contribution is 2.21. The molecule has 1 rings (SSSR count). The number of carboxylic acid groups (broad SMARTS) is 1. The Morgan fingerprint density at radius 1 is 1.38 bits per heavy atom. The van der Waals surface area contributed by atoms with Gasteiger partial charge in [-0.25, -0.2) is 4.39 Å². The lowest BCUT2D eigenvalue weighted by Gasteiger charge is -2.28. The normalized spacial score (nSPS) is 13.3. The van der Waals surface area contributed by atoms with Gasteiger partial charge in [0.05, 0.1) is 31.2 Å². The Morgan fingerprint density at radius 2 is 2.05 bits per heavy atom. The van der Waals surface area contributed by atoms with Crippen LogP contribution in [0, 0.1) is 5.82 Å². The third-order valence-corrected chi connectivity index (χ3v) is 2.85. The van der Waals surface area contributed by atoms with E-state index in [1.165, 1.54) is 39.3 Å². The Balaban J connectivity index is 2.99. The number of nitrogens with one attached hydrogen (secondary N) is 1. The lowest BCUT2D eigenvalue weighted by molar-refractivity contribution is -0.139. The topological polar surface area (TPSA) is 84.9 Å². The number of hydrogen-bond acceptors (Lipinski definition) is 4. The largest absolute Gasteiger partial charge is 0.494 e. The van der Waals surface area contributed by atoms with E-state index in [4.69, 9.17) is 14.6 Å². The molecule has 0 radical (unpaired) electrons. The maximum absolute atomic E-state index is 14.0. The second-order valence-corrected chi connectivity index (χ2v) is 4.84. The number of methoxy groups -OCH3 is 2. The van der Waals surface area contributed by atoms with Crippen molar-refractivity contribution in [3.63, 3.8) is 0 Å². The zero-order chi connectivity index (χ0) is 16.0. The number of hydrogen-bond donors (Lipinski definition) is 2. The molecule has 0 bridgehead atoms. The molecule has 1 unspecified atom stereocenters. The first kappa shape index (κ1) is 16.9. The number of carbonyl (C=O) groups is 2. The van der Waals surface area contributed by atoms with E-state index in [1.54, 1.807) is 0 Å². The summed E-state index contributed by atoms with van der Waals surface area (Å²) in [4.78, 5) is 23.0. The van der Waals surface area contributed by atoms with E-state index in [-0.39, 0.29) is 24.3 Å². The summed E-state index contributed by atoms with van der Waals surface area (Å²) >= 11 is 0. The highest BCUT2D eigenvalue weighted by Gasteiger charge is 2.31. The van der Waals surface area contributed by atoms with Crippen LogP contribution in [0.2, 0.25) is 0 Å². The highest BCUT2D eigenvalue weighted by molar-refractivity contribution is 5.95. The van der Waals surface area contributed by atoms with Crippen molar-refractivity contribution in [1.29, 1.82) is 0 Å². The zero-order valence-corrected chi connectivity index (χ0v) is 12.1. The molecule has 116 valence electrons. The Labute approximate surface area is 121 Å². The van der Waals surface area contributed by atoms with Gasteiger partial charge in [0.1, 0.15) is 0 Å². The second kappa shape index (κ2) is 7.03. The number of carboxylic acids is 1. The minimum atomic E-state index is -1.15. The Kier molecular flexibility index (Phi) is 5.66. The predicted molar refractivity (Wildman–Crippen MR) is 73.0 cm³/mol. The monoisotopic (exact) mass is 299 g/mol. The Morgan fingerprint density at radius 3 is 2.57 bits per heavy atom. The third kappa shape index (κ3) is 4.42. The fraction of sp³-hybridized carbons (Fsp3) is 0.429. The van der Waals surface area contributed by atoms with Crippen molar-refractivity contribution in [3.8, 4) is 5.75 Å². The van der Waals surface area contributed by atoms with Crippen LogP contribution in [0.15, 0.2) is 18.2 Å². The highest BCUT2D eigenvalue weighted by atomic mass is 19.1. The fourth-order valence-electron chi connectivity index (χ4n) is 1.97. The van der Waals surface area contributed by atoms with Gasteiger partial charge in [0.15, 0.2) is 11.6 Å². The first-order valence-corrected chi connectivity index (χ1v) is 6.18. The summed E-state index contributed by atoms with van der Waals surface area (Å²) in [5, 5.41) is 11.4. The van der Waals surface area contributed by atoms with Crippen LogP contribution in [-0.4, -0.2) is 43.3 Å². The van der Waals surface area contributed by atoms with Crippen LogP contribution in [0.3, 0.4) is 0 Å². The van der Waals surface area contributed by atoms with Crippen LogP contribution in [-0.2, 0) is 9.53 Å². The molecule has 6 nitrogen and oxygen atoms in total. The predicted octanol–water partition coefficient (Wildman–Crippen LogP) is 1.44. The molecule has 1 aromatic carbocycles. The summed E-state index contributed by atoms with van der Waals surface area (Å²) in [6.45, 7) is 1.50. The first-order valence-electron chi connectivity index (χ1n) is 6.18. The molecule has 1 amide bonds. The van der Waals surface area contributed by atoms with Crippen LogP contribution in [0.5, 0.6) is 5.75 Å². The van der Waals surface area contributed by atoms with Crippen molar-refractivity contribution < 1.29 is 28.6 Å². The van der Waals surface area contributed by atoms with Gasteiger partial charge in [-0.05, 0) is 19.1 Å². The molecule has 0 aliphatic rings. The average molecular weight is 299 g/mol. The lowest BCUT2D eigenvalue weighted by Crippen LogP contribution is -2.51. The smallest absolute Gasteiger partial charge is 0.305 e. The molecule has 1 aromatic rings. The van der Waals surface area contributed by atoms with E-state index in [1.807, 2.05) is 0 Å². The van der Waals surface area contributed by atoms with Gasteiger partial charge < -0.3 is 19.9 Å². The number of rotatable bonds is 7. The number of halogens is 1. The van der Waals surface area contributed by atoms with Gasteiger partial charge in [-0.15, -0.1) is 0 Å². The van der Waals surface area contributed by atoms with E-state index >= 15 is 0 Å². The van der Waals surface area contributed by atoms with Crippen molar-refractivity contribution >= 4 is 11.9 Å². The van der Waals surface area contributed by atoms with Crippen LogP contribution >= 0.6 is 0 Å². The molecule has 0 spiro atoms. The summed E-state index contributed by atoms with van der Waals surface area (Å²) in [5.41, 5.74) is -1.37. The average Bonchev–Trinajstić information content (AvgIpc) is 2.37. The molecular formula is C14H18FNO5. The molecule has 0 saturated carbocycles. The van der Waals surface area contributed by atoms with E-state index in [2.05, 4.69) is 5.32 Å². The maximum Gasteiger partial charge on any atom is 0.305 e. The van der Waals surface area contributed by atoms with Crippen molar-refractivity contribution in [2.24, 2.45) is 0 Å². The van der Waals surface area contributed by atoms with E-state index < -0.39 is 23.2 Å². The minimum absolute atomic E-state index is 0.0172. The molecule has 0 aliphatic heterocycles. The minimum Gasteiger partial charge on any atom is -0.494 e. The quantitative estimate of drug-likeness (QED) is 0.796. The second-order valence-electron chi connectivity index (χ2n) is 4.84. The molecule has 1 atom stereocenters. The summed E-state index contributed by atoms with van der Waals surface area (Å²) in [7, 11) is 2.68. The molecule has 21 heavy (non-hydrogen) atoms. The zero-order valence-electron chi connectivity index (χ0n) is 12.1. The van der Waals surface area contributed by atoms with Crippen LogP contribution < -0.4 is 10.1 Å². The van der Waals surface area contributed by atoms with E-state index in [9.17, 15) is 14.0 Å². The van der Waals surface area contributed by atoms with Crippen molar-refractivity contribution in [2.45, 2.75) is 18.9 Å².